The van der Waals surface area contributed by atoms with Crippen LogP contribution in [-0.4, -0.2) is 77.0 Å². The summed E-state index contributed by atoms with van der Waals surface area (Å²) in [6, 6.07) is 3.06. The van der Waals surface area contributed by atoms with Crippen LogP contribution in [0.4, 0.5) is 0 Å². The maximum Gasteiger partial charge on any atom is 0.526 e. The highest BCUT2D eigenvalue weighted by Gasteiger charge is 2.54. The summed E-state index contributed by atoms with van der Waals surface area (Å²) in [5.41, 5.74) is 0.726. The maximum absolute atomic E-state index is 12.4. The van der Waals surface area contributed by atoms with Crippen molar-refractivity contribution in [1.82, 2.24) is 10.2 Å². The zero-order chi connectivity index (χ0) is 19.6. The van der Waals surface area contributed by atoms with E-state index in [0.29, 0.717) is 26.1 Å². The van der Waals surface area contributed by atoms with Crippen molar-refractivity contribution in [2.24, 2.45) is 0 Å². The topological polar surface area (TPSA) is 129 Å². The van der Waals surface area contributed by atoms with Gasteiger partial charge in [-0.3, -0.25) is 4.79 Å². The fraction of sp³-hybridized carbons (Fsp3) is 0.556. The van der Waals surface area contributed by atoms with Gasteiger partial charge in [-0.15, -0.1) is 0 Å². The molecule has 3 fully saturated rings. The molecule has 1 aliphatic carbocycles. The summed E-state index contributed by atoms with van der Waals surface area (Å²) in [5.74, 6) is -0.704. The largest absolute Gasteiger partial charge is 0.535 e. The average molecular weight is 388 g/mol. The Bertz CT molecular complexity index is 843. The number of carboxylic acid groups (broad SMARTS) is 1. The fourth-order valence-electron chi connectivity index (χ4n) is 4.39. The quantitative estimate of drug-likeness (QED) is 0.505. The molecule has 0 radical (unpaired) electrons. The minimum atomic E-state index is -1.17. The maximum atomic E-state index is 12.4. The standard InChI is InChI=1S/C18H21BN2O7/c22-8-3-13(20-5-8)17(23)21-6-9(7-21)27-14-2-1-10-11-4-12(11)19(26)28-16(10)15(14)18(24)25/h1-2,8-9,11-13,20,22,26H,3-7H2,(H,24,25)/t8-,11+,12+,13+/m1/s1. The number of ether oxygens (including phenoxy) is 1. The van der Waals surface area contributed by atoms with E-state index in [0.717, 1.165) is 12.0 Å². The molecule has 4 atom stereocenters. The van der Waals surface area contributed by atoms with Crippen molar-refractivity contribution in [1.29, 1.82) is 0 Å². The zero-order valence-electron chi connectivity index (χ0n) is 15.1. The summed E-state index contributed by atoms with van der Waals surface area (Å²) in [5, 5.41) is 32.2. The first kappa shape index (κ1) is 17.8. The van der Waals surface area contributed by atoms with E-state index < -0.39 is 19.2 Å². The third-order valence-corrected chi connectivity index (χ3v) is 6.07. The number of aromatic carboxylic acids is 1. The molecule has 0 aromatic heterocycles. The Morgan fingerprint density at radius 1 is 1.29 bits per heavy atom. The average Bonchev–Trinajstić information content (AvgIpc) is 3.31. The lowest BCUT2D eigenvalue weighted by molar-refractivity contribution is -0.142. The van der Waals surface area contributed by atoms with E-state index in [-0.39, 0.29) is 46.9 Å². The van der Waals surface area contributed by atoms with E-state index in [9.17, 15) is 24.8 Å². The van der Waals surface area contributed by atoms with Crippen LogP contribution in [0.15, 0.2) is 12.1 Å². The van der Waals surface area contributed by atoms with Gasteiger partial charge in [0.05, 0.1) is 25.2 Å². The molecule has 4 N–H and O–H groups in total. The monoisotopic (exact) mass is 388 g/mol. The molecule has 4 aliphatic rings. The number of nitrogens with zero attached hydrogens (tertiary/aromatic N) is 1. The summed E-state index contributed by atoms with van der Waals surface area (Å²) < 4.78 is 11.3. The third-order valence-electron chi connectivity index (χ3n) is 6.07. The van der Waals surface area contributed by atoms with Crippen molar-refractivity contribution < 1.29 is 34.2 Å². The van der Waals surface area contributed by atoms with Gasteiger partial charge in [-0.25, -0.2) is 4.79 Å². The number of aliphatic hydroxyl groups is 1. The summed E-state index contributed by atoms with van der Waals surface area (Å²) in [4.78, 5) is 25.9. The Morgan fingerprint density at radius 2 is 2.07 bits per heavy atom. The predicted octanol–water partition coefficient (Wildman–Crippen LogP) is -0.572. The minimum absolute atomic E-state index is 0.0369. The second-order valence-electron chi connectivity index (χ2n) is 8.01. The van der Waals surface area contributed by atoms with Crippen LogP contribution in [0.3, 0.4) is 0 Å². The number of benzene rings is 1. The number of aliphatic hydroxyl groups excluding tert-OH is 1. The van der Waals surface area contributed by atoms with E-state index in [1.165, 1.54) is 0 Å². The molecule has 0 bridgehead atoms. The second kappa shape index (κ2) is 6.36. The number of amides is 1. The van der Waals surface area contributed by atoms with E-state index in [2.05, 4.69) is 5.32 Å². The molecule has 148 valence electrons. The molecule has 1 aromatic rings. The number of carboxylic acids is 1. The molecule has 9 nitrogen and oxygen atoms in total. The van der Waals surface area contributed by atoms with Crippen molar-refractivity contribution in [3.8, 4) is 11.5 Å². The molecule has 0 spiro atoms. The first-order chi connectivity index (χ1) is 13.4. The van der Waals surface area contributed by atoms with Crippen LogP contribution in [-0.2, 0) is 4.79 Å². The molecule has 1 saturated carbocycles. The molecule has 5 rings (SSSR count). The summed E-state index contributed by atoms with van der Waals surface area (Å²) in [7, 11) is -0.989. The SMILES string of the molecule is O=C(O)c1c(OC2CN(C(=O)[C@@H]3C[C@@H](O)CN3)C2)ccc2c1OB(O)[C@H]1C[C@@H]21. The van der Waals surface area contributed by atoms with Gasteiger partial charge >= 0.3 is 13.1 Å². The van der Waals surface area contributed by atoms with Gasteiger partial charge in [0.15, 0.2) is 0 Å². The Labute approximate surface area is 161 Å². The van der Waals surface area contributed by atoms with Crippen molar-refractivity contribution >= 4 is 19.0 Å². The lowest BCUT2D eigenvalue weighted by Gasteiger charge is -2.40. The van der Waals surface area contributed by atoms with Crippen LogP contribution >= 0.6 is 0 Å². The van der Waals surface area contributed by atoms with E-state index in [1.807, 2.05) is 0 Å². The Kier molecular flexibility index (Phi) is 4.04. The number of hydrogen-bond donors (Lipinski definition) is 4. The number of rotatable bonds is 4. The Hall–Kier alpha value is -2.30. The zero-order valence-corrected chi connectivity index (χ0v) is 15.1. The lowest BCUT2D eigenvalue weighted by atomic mass is 9.77. The van der Waals surface area contributed by atoms with Crippen LogP contribution < -0.4 is 14.7 Å². The number of carbonyl (C=O) groups excluding carboxylic acids is 1. The van der Waals surface area contributed by atoms with Gasteiger partial charge in [0.25, 0.3) is 0 Å². The smallest absolute Gasteiger partial charge is 0.526 e. The number of carbonyl (C=O) groups is 2. The Morgan fingerprint density at radius 3 is 2.75 bits per heavy atom. The van der Waals surface area contributed by atoms with Gasteiger partial charge in [0, 0.05) is 12.4 Å². The second-order valence-corrected chi connectivity index (χ2v) is 8.01. The molecule has 0 unspecified atom stereocenters. The third kappa shape index (κ3) is 2.83. The van der Waals surface area contributed by atoms with Crippen molar-refractivity contribution in [3.63, 3.8) is 0 Å². The highest BCUT2D eigenvalue weighted by Crippen LogP contribution is 2.60. The summed E-state index contributed by atoms with van der Waals surface area (Å²) in [6.45, 7) is 1.13. The molecule has 2 saturated heterocycles. The highest BCUT2D eigenvalue weighted by atomic mass is 16.5. The number of likely N-dealkylation sites (tertiary alicyclic amines) is 1. The van der Waals surface area contributed by atoms with Gasteiger partial charge in [-0.1, -0.05) is 6.07 Å². The van der Waals surface area contributed by atoms with Crippen molar-refractivity contribution in [3.05, 3.63) is 23.3 Å². The first-order valence-corrected chi connectivity index (χ1v) is 9.54. The first-order valence-electron chi connectivity index (χ1n) is 9.54. The van der Waals surface area contributed by atoms with Crippen LogP contribution in [0.25, 0.3) is 0 Å². The molecular weight excluding hydrogens is 367 g/mol. The molecule has 10 heteroatoms. The van der Waals surface area contributed by atoms with Crippen LogP contribution in [0, 0.1) is 0 Å². The van der Waals surface area contributed by atoms with Crippen LogP contribution in [0.1, 0.15) is 34.7 Å². The molecule has 3 heterocycles. The van der Waals surface area contributed by atoms with Gasteiger partial charge in [0.2, 0.25) is 5.91 Å². The minimum Gasteiger partial charge on any atom is -0.535 e. The summed E-state index contributed by atoms with van der Waals surface area (Å²) >= 11 is 0. The van der Waals surface area contributed by atoms with Crippen LogP contribution in [0.5, 0.6) is 11.5 Å². The van der Waals surface area contributed by atoms with E-state index in [1.54, 1.807) is 17.0 Å². The molecule has 28 heavy (non-hydrogen) atoms. The number of fused-ring (bicyclic) bond motifs is 3. The lowest BCUT2D eigenvalue weighted by Crippen LogP contribution is -2.59. The Balaban J connectivity index is 1.28. The van der Waals surface area contributed by atoms with Gasteiger partial charge in [0.1, 0.15) is 23.2 Å². The molecule has 3 aliphatic heterocycles. The van der Waals surface area contributed by atoms with Gasteiger partial charge in [-0.2, -0.15) is 0 Å². The van der Waals surface area contributed by atoms with Gasteiger partial charge in [-0.05, 0) is 30.4 Å². The van der Waals surface area contributed by atoms with Crippen molar-refractivity contribution in [2.75, 3.05) is 19.6 Å². The molecular formula is C18H21BN2O7. The van der Waals surface area contributed by atoms with Gasteiger partial charge < -0.3 is 34.8 Å². The fourth-order valence-corrected chi connectivity index (χ4v) is 4.39. The summed E-state index contributed by atoms with van der Waals surface area (Å²) in [6.07, 6.45) is 0.374. The van der Waals surface area contributed by atoms with Crippen molar-refractivity contribution in [2.45, 2.75) is 42.8 Å². The normalized spacial score (nSPS) is 30.8. The molecule has 1 aromatic carbocycles. The van der Waals surface area contributed by atoms with E-state index >= 15 is 0 Å². The predicted molar refractivity (Wildman–Crippen MR) is 96.5 cm³/mol. The van der Waals surface area contributed by atoms with Crippen LogP contribution in [0.2, 0.25) is 5.82 Å². The number of hydrogen-bond acceptors (Lipinski definition) is 7. The number of β-amino-alcohol motifs (C(OH)–C–C–N with tert-alkyl or cyclic N) is 1. The molecule has 1 amide bonds. The highest BCUT2D eigenvalue weighted by molar-refractivity contribution is 6.48. The van der Waals surface area contributed by atoms with E-state index in [4.69, 9.17) is 9.39 Å². The number of nitrogens with one attached hydrogen (secondary N) is 1.